The average molecular weight is 305 g/mol. The highest BCUT2D eigenvalue weighted by Gasteiger charge is 2.36. The van der Waals surface area contributed by atoms with E-state index in [1.807, 2.05) is 0 Å². The van der Waals surface area contributed by atoms with Gasteiger partial charge in [-0.25, -0.2) is 0 Å². The van der Waals surface area contributed by atoms with Crippen LogP contribution in [0.3, 0.4) is 0 Å². The van der Waals surface area contributed by atoms with E-state index in [1.54, 1.807) is 0 Å². The molecule has 1 fully saturated rings. The van der Waals surface area contributed by atoms with Crippen LogP contribution >= 0.6 is 0 Å². The second-order valence-corrected chi connectivity index (χ2v) is 6.59. The highest BCUT2D eigenvalue weighted by molar-refractivity contribution is 5.13. The Balaban J connectivity index is 2.17. The maximum absolute atomic E-state index is 12.7. The Morgan fingerprint density at radius 2 is 2.10 bits per heavy atom. The van der Waals surface area contributed by atoms with Crippen molar-refractivity contribution < 1.29 is 18.3 Å². The second kappa shape index (κ2) is 5.61. The zero-order valence-corrected chi connectivity index (χ0v) is 12.6. The van der Waals surface area contributed by atoms with Crippen LogP contribution in [0.1, 0.15) is 38.1 Å². The van der Waals surface area contributed by atoms with Gasteiger partial charge in [0, 0.05) is 26.2 Å². The third-order valence-electron chi connectivity index (χ3n) is 4.14. The summed E-state index contributed by atoms with van der Waals surface area (Å²) in [6.45, 7) is 5.43. The lowest BCUT2D eigenvalue weighted by molar-refractivity contribution is -0.141. The fraction of sp³-hybridized carbons (Fsp3) is 0.786. The Kier molecular flexibility index (Phi) is 4.35. The van der Waals surface area contributed by atoms with Crippen molar-refractivity contribution in [3.05, 3.63) is 17.5 Å². The number of piperidine rings is 1. The summed E-state index contributed by atoms with van der Waals surface area (Å²) in [5.41, 5.74) is -0.243. The molecule has 2 heterocycles. The monoisotopic (exact) mass is 305 g/mol. The van der Waals surface area contributed by atoms with Gasteiger partial charge in [0.05, 0.1) is 12.3 Å². The number of hydrogen-bond donors (Lipinski definition) is 1. The number of aliphatic hydroxyl groups excluding tert-OH is 1. The quantitative estimate of drug-likeness (QED) is 0.932. The van der Waals surface area contributed by atoms with Crippen LogP contribution in [0.5, 0.6) is 0 Å². The Labute approximate surface area is 122 Å². The molecule has 7 heteroatoms. The fourth-order valence-electron chi connectivity index (χ4n) is 2.89. The molecule has 1 aliphatic rings. The largest absolute Gasteiger partial charge is 0.435 e. The molecule has 0 aromatic carbocycles. The van der Waals surface area contributed by atoms with Crippen LogP contribution in [0.2, 0.25) is 0 Å². The van der Waals surface area contributed by atoms with Crippen molar-refractivity contribution in [2.24, 2.45) is 12.5 Å². The summed E-state index contributed by atoms with van der Waals surface area (Å²) in [6, 6.07) is 1.10. The lowest BCUT2D eigenvalue weighted by Gasteiger charge is -2.43. The van der Waals surface area contributed by atoms with E-state index in [0.29, 0.717) is 12.2 Å². The Morgan fingerprint density at radius 1 is 1.43 bits per heavy atom. The van der Waals surface area contributed by atoms with Crippen molar-refractivity contribution in [1.29, 1.82) is 0 Å². The lowest BCUT2D eigenvalue weighted by Crippen LogP contribution is -2.48. The third-order valence-corrected chi connectivity index (χ3v) is 4.14. The topological polar surface area (TPSA) is 41.3 Å². The maximum atomic E-state index is 12.7. The molecule has 0 amide bonds. The van der Waals surface area contributed by atoms with Crippen molar-refractivity contribution in [3.8, 4) is 0 Å². The van der Waals surface area contributed by atoms with Crippen molar-refractivity contribution >= 4 is 0 Å². The smallest absolute Gasteiger partial charge is 0.395 e. The first-order valence-electron chi connectivity index (χ1n) is 7.07. The third kappa shape index (κ3) is 3.77. The number of halogens is 3. The predicted molar refractivity (Wildman–Crippen MR) is 72.5 cm³/mol. The van der Waals surface area contributed by atoms with E-state index in [2.05, 4.69) is 23.8 Å². The zero-order valence-electron chi connectivity index (χ0n) is 12.6. The highest BCUT2D eigenvalue weighted by atomic mass is 19.4. The molecule has 0 unspecified atom stereocenters. The Hall–Kier alpha value is -1.08. The Morgan fingerprint density at radius 3 is 2.62 bits per heavy atom. The molecule has 1 N–H and O–H groups in total. The second-order valence-electron chi connectivity index (χ2n) is 6.59. The van der Waals surface area contributed by atoms with Gasteiger partial charge < -0.3 is 5.11 Å². The summed E-state index contributed by atoms with van der Waals surface area (Å²) < 4.78 is 39.4. The Bertz CT molecular complexity index is 496. The lowest BCUT2D eigenvalue weighted by atomic mass is 9.81. The van der Waals surface area contributed by atoms with E-state index in [9.17, 15) is 18.3 Å². The van der Waals surface area contributed by atoms with Gasteiger partial charge in [-0.2, -0.15) is 18.3 Å². The number of aryl methyl sites for hydroxylation is 1. The summed E-state index contributed by atoms with van der Waals surface area (Å²) in [7, 11) is 1.52. The molecule has 1 aromatic heterocycles. The molecule has 21 heavy (non-hydrogen) atoms. The molecule has 0 bridgehead atoms. The van der Waals surface area contributed by atoms with Crippen molar-refractivity contribution in [2.45, 2.75) is 45.5 Å². The number of likely N-dealkylation sites (tertiary alicyclic amines) is 1. The van der Waals surface area contributed by atoms with Crippen molar-refractivity contribution in [1.82, 2.24) is 14.7 Å². The molecule has 0 spiro atoms. The van der Waals surface area contributed by atoms with E-state index in [0.717, 1.165) is 25.5 Å². The van der Waals surface area contributed by atoms with E-state index in [4.69, 9.17) is 0 Å². The summed E-state index contributed by atoms with van der Waals surface area (Å²) >= 11 is 0. The first-order chi connectivity index (χ1) is 9.62. The van der Waals surface area contributed by atoms with Crippen LogP contribution < -0.4 is 0 Å². The van der Waals surface area contributed by atoms with Crippen LogP contribution in [0.15, 0.2) is 6.07 Å². The van der Waals surface area contributed by atoms with Crippen LogP contribution in [-0.4, -0.2) is 39.0 Å². The van der Waals surface area contributed by atoms with Crippen LogP contribution in [0.25, 0.3) is 0 Å². The van der Waals surface area contributed by atoms with Crippen LogP contribution in [-0.2, 0) is 19.8 Å². The SMILES string of the molecule is Cn1nc(C(F)(F)F)cc1CN1CC(C)(C)CC[C@@H]1CO. The number of rotatable bonds is 3. The summed E-state index contributed by atoms with van der Waals surface area (Å²) in [5, 5.41) is 13.0. The van der Waals surface area contributed by atoms with Gasteiger partial charge in [0.2, 0.25) is 0 Å². The molecule has 2 rings (SSSR count). The molecular weight excluding hydrogens is 283 g/mol. The number of alkyl halides is 3. The molecule has 0 aliphatic carbocycles. The number of hydrogen-bond acceptors (Lipinski definition) is 3. The molecule has 1 atom stereocenters. The minimum atomic E-state index is -4.42. The van der Waals surface area contributed by atoms with E-state index in [1.165, 1.54) is 11.7 Å². The highest BCUT2D eigenvalue weighted by Crippen LogP contribution is 2.33. The summed E-state index contributed by atoms with van der Waals surface area (Å²) in [6.07, 6.45) is -2.56. The van der Waals surface area contributed by atoms with Gasteiger partial charge in [-0.1, -0.05) is 13.8 Å². The van der Waals surface area contributed by atoms with E-state index >= 15 is 0 Å². The van der Waals surface area contributed by atoms with Crippen molar-refractivity contribution in [3.63, 3.8) is 0 Å². The molecule has 0 saturated carbocycles. The van der Waals surface area contributed by atoms with Gasteiger partial charge in [0.25, 0.3) is 0 Å². The summed E-state index contributed by atoms with van der Waals surface area (Å²) in [4.78, 5) is 2.06. The van der Waals surface area contributed by atoms with Gasteiger partial charge in [0.1, 0.15) is 0 Å². The van der Waals surface area contributed by atoms with E-state index in [-0.39, 0.29) is 18.1 Å². The standard InChI is InChI=1S/C14H22F3N3O/c1-13(2)5-4-10(8-21)20(9-13)7-11-6-12(14(15,16)17)18-19(11)3/h6,10,21H,4-5,7-9H2,1-3H3/t10-/m1/s1. The van der Waals surface area contributed by atoms with Gasteiger partial charge in [-0.3, -0.25) is 9.58 Å². The molecular formula is C14H22F3N3O. The average Bonchev–Trinajstić information content (AvgIpc) is 2.70. The summed E-state index contributed by atoms with van der Waals surface area (Å²) in [5.74, 6) is 0. The number of aliphatic hydroxyl groups is 1. The van der Waals surface area contributed by atoms with Gasteiger partial charge in [-0.15, -0.1) is 0 Å². The van der Waals surface area contributed by atoms with E-state index < -0.39 is 11.9 Å². The zero-order chi connectivity index (χ0) is 15.8. The molecule has 0 radical (unpaired) electrons. The number of nitrogens with zero attached hydrogens (tertiary/aromatic N) is 3. The molecule has 1 aromatic rings. The minimum Gasteiger partial charge on any atom is -0.395 e. The minimum absolute atomic E-state index is 0.00209. The molecule has 1 aliphatic heterocycles. The first-order valence-corrected chi connectivity index (χ1v) is 7.07. The predicted octanol–water partition coefficient (Wildman–Crippen LogP) is 2.42. The van der Waals surface area contributed by atoms with Crippen molar-refractivity contribution in [2.75, 3.05) is 13.2 Å². The van der Waals surface area contributed by atoms with Gasteiger partial charge in [-0.05, 0) is 24.3 Å². The normalized spacial score (nSPS) is 23.5. The fourth-order valence-corrected chi connectivity index (χ4v) is 2.89. The molecule has 1 saturated heterocycles. The molecule has 4 nitrogen and oxygen atoms in total. The van der Waals surface area contributed by atoms with Gasteiger partial charge >= 0.3 is 6.18 Å². The molecule has 120 valence electrons. The first kappa shape index (κ1) is 16.3. The van der Waals surface area contributed by atoms with Crippen LogP contribution in [0, 0.1) is 5.41 Å². The number of aromatic nitrogens is 2. The maximum Gasteiger partial charge on any atom is 0.435 e. The van der Waals surface area contributed by atoms with Gasteiger partial charge in [0.15, 0.2) is 5.69 Å². The van der Waals surface area contributed by atoms with Crippen LogP contribution in [0.4, 0.5) is 13.2 Å².